The maximum absolute atomic E-state index is 6.28. The van der Waals surface area contributed by atoms with Crippen LogP contribution >= 0.6 is 11.6 Å². The number of benzene rings is 3. The molecule has 1 saturated heterocycles. The lowest BCUT2D eigenvalue weighted by Gasteiger charge is -2.32. The molecule has 0 aliphatic carbocycles. The largest absolute Gasteiger partial charge is 0.339 e. The van der Waals surface area contributed by atoms with Crippen LogP contribution in [0.2, 0.25) is 5.02 Å². The van der Waals surface area contributed by atoms with Gasteiger partial charge in [-0.15, -0.1) is 0 Å². The van der Waals surface area contributed by atoms with Crippen LogP contribution in [0.5, 0.6) is 0 Å². The Morgan fingerprint density at radius 1 is 0.853 bits per heavy atom. The van der Waals surface area contributed by atoms with Crippen LogP contribution in [0.3, 0.4) is 0 Å². The number of aromatic nitrogens is 2. The quantitative estimate of drug-likeness (QED) is 0.281. The molecule has 4 nitrogen and oxygen atoms in total. The molecule has 0 N–H and O–H groups in total. The van der Waals surface area contributed by atoms with Crippen molar-refractivity contribution in [3.8, 4) is 11.4 Å². The average molecular weight is 472 g/mol. The van der Waals surface area contributed by atoms with Gasteiger partial charge in [0.2, 0.25) is 11.7 Å². The van der Waals surface area contributed by atoms with Crippen molar-refractivity contribution in [3.63, 3.8) is 0 Å². The minimum atomic E-state index is 0.432. The number of hydrogen-bond acceptors (Lipinski definition) is 4. The summed E-state index contributed by atoms with van der Waals surface area (Å²) in [6.07, 6.45) is 4.28. The molecule has 5 rings (SSSR count). The molecule has 174 valence electrons. The Hall–Kier alpha value is -2.95. The highest BCUT2D eigenvalue weighted by Crippen LogP contribution is 2.30. The highest BCUT2D eigenvalue weighted by atomic mass is 35.5. The van der Waals surface area contributed by atoms with Crippen LogP contribution in [0.15, 0.2) is 89.5 Å². The number of likely N-dealkylation sites (tertiary alicyclic amines) is 1. The molecule has 3 aromatic carbocycles. The lowest BCUT2D eigenvalue weighted by molar-refractivity contribution is 0.174. The van der Waals surface area contributed by atoms with Crippen LogP contribution in [-0.2, 0) is 6.42 Å². The molecule has 1 aromatic heterocycles. The maximum Gasteiger partial charge on any atom is 0.227 e. The van der Waals surface area contributed by atoms with Gasteiger partial charge in [-0.1, -0.05) is 89.6 Å². The first-order valence-electron chi connectivity index (χ1n) is 12.2. The van der Waals surface area contributed by atoms with Crippen LogP contribution in [-0.4, -0.2) is 34.7 Å². The Bertz CT molecular complexity index is 1130. The van der Waals surface area contributed by atoms with Crippen molar-refractivity contribution < 1.29 is 4.52 Å². The molecule has 1 fully saturated rings. The predicted molar refractivity (Wildman–Crippen MR) is 137 cm³/mol. The number of nitrogens with zero attached hydrogens (tertiary/aromatic N) is 3. The minimum Gasteiger partial charge on any atom is -0.339 e. The molecular formula is C29H30ClN3O. The summed E-state index contributed by atoms with van der Waals surface area (Å²) in [4.78, 5) is 7.21. The van der Waals surface area contributed by atoms with E-state index in [9.17, 15) is 0 Å². The second-order valence-corrected chi connectivity index (χ2v) is 9.55. The zero-order valence-electron chi connectivity index (χ0n) is 19.3. The van der Waals surface area contributed by atoms with E-state index in [1.807, 2.05) is 24.3 Å². The number of halogens is 1. The lowest BCUT2D eigenvalue weighted by Crippen LogP contribution is -2.35. The third-order valence-corrected chi connectivity index (χ3v) is 7.22. The molecule has 0 atom stereocenters. The van der Waals surface area contributed by atoms with Crippen LogP contribution in [0, 0.1) is 5.92 Å². The predicted octanol–water partition coefficient (Wildman–Crippen LogP) is 6.87. The number of rotatable bonds is 8. The van der Waals surface area contributed by atoms with E-state index in [-0.39, 0.29) is 0 Å². The zero-order valence-corrected chi connectivity index (χ0v) is 20.1. The van der Waals surface area contributed by atoms with Crippen LogP contribution < -0.4 is 0 Å². The van der Waals surface area contributed by atoms with Gasteiger partial charge >= 0.3 is 0 Å². The fourth-order valence-corrected chi connectivity index (χ4v) is 5.18. The fraction of sp³-hybridized carbons (Fsp3) is 0.310. The first-order chi connectivity index (χ1) is 16.8. The average Bonchev–Trinajstić information content (AvgIpc) is 3.35. The monoisotopic (exact) mass is 471 g/mol. The molecule has 0 unspecified atom stereocenters. The van der Waals surface area contributed by atoms with Crippen molar-refractivity contribution in [2.45, 2.75) is 31.6 Å². The molecule has 0 saturated carbocycles. The maximum atomic E-state index is 6.28. The van der Waals surface area contributed by atoms with Crippen molar-refractivity contribution in [2.75, 3.05) is 19.6 Å². The fourth-order valence-electron chi connectivity index (χ4n) is 4.96. The van der Waals surface area contributed by atoms with Crippen LogP contribution in [0.4, 0.5) is 0 Å². The Balaban J connectivity index is 1.15. The Morgan fingerprint density at radius 3 is 2.12 bits per heavy atom. The molecule has 5 heteroatoms. The van der Waals surface area contributed by atoms with Gasteiger partial charge in [0.1, 0.15) is 0 Å². The lowest BCUT2D eigenvalue weighted by atomic mass is 9.87. The molecule has 2 heterocycles. The smallest absolute Gasteiger partial charge is 0.227 e. The summed E-state index contributed by atoms with van der Waals surface area (Å²) in [5.41, 5.74) is 3.61. The van der Waals surface area contributed by atoms with E-state index in [0.717, 1.165) is 50.9 Å². The molecule has 4 aromatic rings. The highest BCUT2D eigenvalue weighted by Gasteiger charge is 2.23. The van der Waals surface area contributed by atoms with Gasteiger partial charge in [0.15, 0.2) is 0 Å². The molecule has 0 amide bonds. The van der Waals surface area contributed by atoms with E-state index in [1.165, 1.54) is 11.1 Å². The van der Waals surface area contributed by atoms with Crippen molar-refractivity contribution in [2.24, 2.45) is 5.92 Å². The van der Waals surface area contributed by atoms with Gasteiger partial charge in [0, 0.05) is 17.9 Å². The Morgan fingerprint density at radius 2 is 1.47 bits per heavy atom. The third-order valence-electron chi connectivity index (χ3n) is 6.89. The van der Waals surface area contributed by atoms with Gasteiger partial charge < -0.3 is 9.42 Å². The summed E-state index contributed by atoms with van der Waals surface area (Å²) in [6, 6.07) is 29.4. The summed E-state index contributed by atoms with van der Waals surface area (Å²) in [5, 5.41) is 4.80. The van der Waals surface area contributed by atoms with Crippen molar-refractivity contribution >= 4 is 11.6 Å². The Kier molecular flexibility index (Phi) is 7.37. The topological polar surface area (TPSA) is 42.2 Å². The molecular weight excluding hydrogens is 442 g/mol. The second-order valence-electron chi connectivity index (χ2n) is 9.14. The second kappa shape index (κ2) is 11.0. The first-order valence-corrected chi connectivity index (χ1v) is 12.5. The summed E-state index contributed by atoms with van der Waals surface area (Å²) in [5.74, 6) is 2.30. The van der Waals surface area contributed by atoms with Crippen LogP contribution in [0.25, 0.3) is 11.4 Å². The van der Waals surface area contributed by atoms with Gasteiger partial charge in [0.05, 0.1) is 5.02 Å². The van der Waals surface area contributed by atoms with Gasteiger partial charge in [0.25, 0.3) is 0 Å². The summed E-state index contributed by atoms with van der Waals surface area (Å²) < 4.78 is 5.55. The van der Waals surface area contributed by atoms with Gasteiger partial charge in [-0.3, -0.25) is 0 Å². The summed E-state index contributed by atoms with van der Waals surface area (Å²) in [7, 11) is 0. The van der Waals surface area contributed by atoms with Gasteiger partial charge in [-0.2, -0.15) is 4.98 Å². The zero-order chi connectivity index (χ0) is 23.2. The van der Waals surface area contributed by atoms with Crippen molar-refractivity contribution in [1.82, 2.24) is 15.0 Å². The number of hydrogen-bond donors (Lipinski definition) is 0. The van der Waals surface area contributed by atoms with E-state index in [1.54, 1.807) is 0 Å². The van der Waals surface area contributed by atoms with Gasteiger partial charge in [-0.25, -0.2) is 0 Å². The summed E-state index contributed by atoms with van der Waals surface area (Å²) >= 11 is 6.28. The van der Waals surface area contributed by atoms with Crippen LogP contribution in [0.1, 0.15) is 42.2 Å². The highest BCUT2D eigenvalue weighted by molar-refractivity contribution is 6.33. The normalized spacial score (nSPS) is 15.1. The molecule has 0 radical (unpaired) electrons. The van der Waals surface area contributed by atoms with E-state index >= 15 is 0 Å². The minimum absolute atomic E-state index is 0.432. The number of piperidine rings is 1. The van der Waals surface area contributed by atoms with E-state index in [0.29, 0.717) is 28.6 Å². The molecule has 0 bridgehead atoms. The SMILES string of the molecule is Clc1ccccc1-c1noc(CC2CCN(CCC(c3ccccc3)c3ccccc3)CC2)n1. The third kappa shape index (κ3) is 5.57. The molecule has 34 heavy (non-hydrogen) atoms. The van der Waals surface area contributed by atoms with Crippen molar-refractivity contribution in [1.29, 1.82) is 0 Å². The van der Waals surface area contributed by atoms with E-state index < -0.39 is 0 Å². The van der Waals surface area contributed by atoms with Crippen molar-refractivity contribution in [3.05, 3.63) is 107 Å². The van der Waals surface area contributed by atoms with E-state index in [4.69, 9.17) is 16.1 Å². The van der Waals surface area contributed by atoms with Gasteiger partial charge in [-0.05, 0) is 68.1 Å². The standard InChI is InChI=1S/C29H30ClN3O/c30-27-14-8-7-13-26(27)29-31-28(34-32-29)21-22-15-18-33(19-16-22)20-17-25(23-9-3-1-4-10-23)24-11-5-2-6-12-24/h1-14,22,25H,15-21H2. The molecule has 1 aliphatic rings. The van der Waals surface area contributed by atoms with E-state index in [2.05, 4.69) is 75.7 Å². The summed E-state index contributed by atoms with van der Waals surface area (Å²) in [6.45, 7) is 3.34. The molecule has 1 aliphatic heterocycles. The Labute approximate surface area is 206 Å². The molecule has 0 spiro atoms. The first kappa shape index (κ1) is 22.8.